The second-order valence-electron chi connectivity index (χ2n) is 5.02. The molecule has 0 bridgehead atoms. The molecule has 0 spiro atoms. The molecule has 4 nitrogen and oxygen atoms in total. The molecule has 0 aliphatic heterocycles. The van der Waals surface area contributed by atoms with Gasteiger partial charge in [0.05, 0.1) is 12.8 Å². The maximum Gasteiger partial charge on any atom is 0.251 e. The number of ether oxygens (including phenoxy) is 1. The lowest BCUT2D eigenvalue weighted by atomic mass is 10.1. The maximum atomic E-state index is 12.2. The topological polar surface area (TPSA) is 64.3 Å². The third-order valence-electron chi connectivity index (χ3n) is 3.25. The minimum Gasteiger partial charge on any atom is -0.495 e. The van der Waals surface area contributed by atoms with Gasteiger partial charge >= 0.3 is 0 Å². The Morgan fingerprint density at radius 3 is 2.57 bits per heavy atom. The Labute approximate surface area is 124 Å². The van der Waals surface area contributed by atoms with E-state index in [0.717, 1.165) is 6.42 Å². The average molecular weight is 284 g/mol. The van der Waals surface area contributed by atoms with Crippen LogP contribution in [0.15, 0.2) is 48.5 Å². The Bertz CT molecular complexity index is 611. The van der Waals surface area contributed by atoms with Crippen LogP contribution >= 0.6 is 0 Å². The number of nitrogens with two attached hydrogens (primary N) is 1. The molecule has 1 unspecified atom stereocenters. The Morgan fingerprint density at radius 1 is 1.24 bits per heavy atom. The number of carbonyl (C=O) groups is 1. The molecule has 0 saturated carbocycles. The predicted molar refractivity (Wildman–Crippen MR) is 84.5 cm³/mol. The molecule has 3 N–H and O–H groups in total. The van der Waals surface area contributed by atoms with Crippen LogP contribution in [0.4, 0.5) is 5.69 Å². The second kappa shape index (κ2) is 6.79. The van der Waals surface area contributed by atoms with Crippen LogP contribution in [0.2, 0.25) is 0 Å². The van der Waals surface area contributed by atoms with Crippen molar-refractivity contribution in [2.45, 2.75) is 19.4 Å². The van der Waals surface area contributed by atoms with E-state index in [-0.39, 0.29) is 11.9 Å². The number of methoxy groups -OCH3 is 1. The van der Waals surface area contributed by atoms with Crippen molar-refractivity contribution in [2.24, 2.45) is 0 Å². The molecule has 0 aliphatic rings. The predicted octanol–water partition coefficient (Wildman–Crippen LogP) is 2.64. The number of nitrogens with one attached hydrogen (secondary N) is 1. The summed E-state index contributed by atoms with van der Waals surface area (Å²) in [6, 6.07) is 15.1. The highest BCUT2D eigenvalue weighted by Crippen LogP contribution is 2.21. The second-order valence-corrected chi connectivity index (χ2v) is 5.02. The first-order valence-electron chi connectivity index (χ1n) is 6.88. The summed E-state index contributed by atoms with van der Waals surface area (Å²) in [5.74, 6) is 0.441. The number of rotatable bonds is 5. The summed E-state index contributed by atoms with van der Waals surface area (Å²) < 4.78 is 5.08. The van der Waals surface area contributed by atoms with E-state index in [1.165, 1.54) is 5.56 Å². The van der Waals surface area contributed by atoms with Crippen molar-refractivity contribution >= 4 is 11.6 Å². The van der Waals surface area contributed by atoms with Crippen molar-refractivity contribution in [3.63, 3.8) is 0 Å². The van der Waals surface area contributed by atoms with Gasteiger partial charge in [0, 0.05) is 11.6 Å². The van der Waals surface area contributed by atoms with Gasteiger partial charge in [-0.25, -0.2) is 0 Å². The summed E-state index contributed by atoms with van der Waals surface area (Å²) in [5.41, 5.74) is 8.01. The fourth-order valence-electron chi connectivity index (χ4n) is 2.20. The molecule has 110 valence electrons. The third kappa shape index (κ3) is 3.99. The number of anilines is 1. The molecule has 0 saturated heterocycles. The van der Waals surface area contributed by atoms with Gasteiger partial charge in [0.15, 0.2) is 0 Å². The van der Waals surface area contributed by atoms with Crippen molar-refractivity contribution < 1.29 is 9.53 Å². The molecule has 0 aromatic heterocycles. The summed E-state index contributed by atoms with van der Waals surface area (Å²) >= 11 is 0. The molecule has 2 rings (SSSR count). The van der Waals surface area contributed by atoms with Crippen LogP contribution in [0.25, 0.3) is 0 Å². The van der Waals surface area contributed by atoms with Crippen LogP contribution in [0, 0.1) is 0 Å². The molecule has 0 heterocycles. The Morgan fingerprint density at radius 2 is 1.95 bits per heavy atom. The molecular weight excluding hydrogens is 264 g/mol. The first-order chi connectivity index (χ1) is 10.1. The molecule has 1 atom stereocenters. The first kappa shape index (κ1) is 14.9. The fraction of sp³-hybridized carbons (Fsp3) is 0.235. The summed E-state index contributed by atoms with van der Waals surface area (Å²) in [7, 11) is 1.55. The van der Waals surface area contributed by atoms with E-state index >= 15 is 0 Å². The van der Waals surface area contributed by atoms with Gasteiger partial charge in [0.1, 0.15) is 5.75 Å². The van der Waals surface area contributed by atoms with Crippen LogP contribution in [-0.2, 0) is 6.42 Å². The summed E-state index contributed by atoms with van der Waals surface area (Å²) in [6.07, 6.45) is 0.790. The Balaban J connectivity index is 1.99. The molecule has 1 amide bonds. The van der Waals surface area contributed by atoms with Gasteiger partial charge < -0.3 is 15.8 Å². The van der Waals surface area contributed by atoms with Crippen LogP contribution < -0.4 is 15.8 Å². The molecular formula is C17H20N2O2. The highest BCUT2D eigenvalue weighted by Gasteiger charge is 2.12. The maximum absolute atomic E-state index is 12.2. The van der Waals surface area contributed by atoms with Crippen molar-refractivity contribution in [3.8, 4) is 5.75 Å². The average Bonchev–Trinajstić information content (AvgIpc) is 2.48. The number of amides is 1. The zero-order valence-corrected chi connectivity index (χ0v) is 12.3. The minimum absolute atomic E-state index is 0.0447. The van der Waals surface area contributed by atoms with E-state index in [9.17, 15) is 4.79 Å². The van der Waals surface area contributed by atoms with Gasteiger partial charge in [-0.15, -0.1) is 0 Å². The minimum atomic E-state index is -0.132. The molecule has 2 aromatic rings. The van der Waals surface area contributed by atoms with Gasteiger partial charge in [-0.3, -0.25) is 4.79 Å². The Hall–Kier alpha value is -2.49. The van der Waals surface area contributed by atoms with E-state index in [0.29, 0.717) is 17.0 Å². The highest BCUT2D eigenvalue weighted by molar-refractivity contribution is 5.95. The van der Waals surface area contributed by atoms with Crippen LogP contribution in [0.5, 0.6) is 5.75 Å². The van der Waals surface area contributed by atoms with E-state index in [4.69, 9.17) is 10.5 Å². The van der Waals surface area contributed by atoms with E-state index in [2.05, 4.69) is 5.32 Å². The van der Waals surface area contributed by atoms with Gasteiger partial charge in [-0.05, 0) is 37.1 Å². The van der Waals surface area contributed by atoms with Crippen molar-refractivity contribution in [2.75, 3.05) is 12.8 Å². The van der Waals surface area contributed by atoms with Crippen molar-refractivity contribution in [1.82, 2.24) is 5.32 Å². The first-order valence-corrected chi connectivity index (χ1v) is 6.88. The smallest absolute Gasteiger partial charge is 0.251 e. The molecule has 4 heteroatoms. The number of hydrogen-bond donors (Lipinski definition) is 2. The van der Waals surface area contributed by atoms with Crippen LogP contribution in [0.1, 0.15) is 22.8 Å². The van der Waals surface area contributed by atoms with Crippen molar-refractivity contribution in [3.05, 3.63) is 59.7 Å². The normalized spacial score (nSPS) is 11.7. The fourth-order valence-corrected chi connectivity index (χ4v) is 2.20. The standard InChI is InChI=1S/C17H20N2O2/c1-12(10-13-6-4-3-5-7-13)19-17(20)14-8-9-16(21-2)15(18)11-14/h3-9,11-12H,10,18H2,1-2H3,(H,19,20). The zero-order valence-electron chi connectivity index (χ0n) is 12.3. The molecule has 0 aliphatic carbocycles. The molecule has 0 radical (unpaired) electrons. The van der Waals surface area contributed by atoms with Gasteiger partial charge in [-0.1, -0.05) is 30.3 Å². The monoisotopic (exact) mass is 284 g/mol. The highest BCUT2D eigenvalue weighted by atomic mass is 16.5. The van der Waals surface area contributed by atoms with Crippen molar-refractivity contribution in [1.29, 1.82) is 0 Å². The van der Waals surface area contributed by atoms with Gasteiger partial charge in [0.25, 0.3) is 5.91 Å². The lowest BCUT2D eigenvalue weighted by Gasteiger charge is -2.14. The van der Waals surface area contributed by atoms with Gasteiger partial charge in [0.2, 0.25) is 0 Å². The quantitative estimate of drug-likeness (QED) is 0.830. The van der Waals surface area contributed by atoms with E-state index < -0.39 is 0 Å². The molecule has 0 fully saturated rings. The van der Waals surface area contributed by atoms with E-state index in [1.54, 1.807) is 25.3 Å². The zero-order chi connectivity index (χ0) is 15.2. The van der Waals surface area contributed by atoms with E-state index in [1.807, 2.05) is 37.3 Å². The third-order valence-corrected chi connectivity index (χ3v) is 3.25. The van der Waals surface area contributed by atoms with Gasteiger partial charge in [-0.2, -0.15) is 0 Å². The van der Waals surface area contributed by atoms with Crippen LogP contribution in [0.3, 0.4) is 0 Å². The number of carbonyl (C=O) groups excluding carboxylic acids is 1. The molecule has 2 aromatic carbocycles. The Kier molecular flexibility index (Phi) is 4.82. The SMILES string of the molecule is COc1ccc(C(=O)NC(C)Cc2ccccc2)cc1N. The van der Waals surface area contributed by atoms with Crippen LogP contribution in [-0.4, -0.2) is 19.1 Å². The summed E-state index contributed by atoms with van der Waals surface area (Å²) in [4.78, 5) is 12.2. The number of benzene rings is 2. The number of nitrogen functional groups attached to an aromatic ring is 1. The summed E-state index contributed by atoms with van der Waals surface area (Å²) in [5, 5.41) is 2.97. The molecule has 21 heavy (non-hydrogen) atoms. The lowest BCUT2D eigenvalue weighted by Crippen LogP contribution is -2.34. The lowest BCUT2D eigenvalue weighted by molar-refractivity contribution is 0.0940. The summed E-state index contributed by atoms with van der Waals surface area (Å²) in [6.45, 7) is 1.98. The largest absolute Gasteiger partial charge is 0.495 e. The number of hydrogen-bond acceptors (Lipinski definition) is 3.